The summed E-state index contributed by atoms with van der Waals surface area (Å²) in [5.41, 5.74) is 7.81. The molecule has 2 aromatic rings. The van der Waals surface area contributed by atoms with Gasteiger partial charge in [0.2, 0.25) is 0 Å². The molecule has 0 aliphatic rings. The van der Waals surface area contributed by atoms with Crippen LogP contribution in [0.2, 0.25) is 0 Å². The molecule has 2 rings (SSSR count). The van der Waals surface area contributed by atoms with E-state index in [1.807, 2.05) is 6.92 Å². The van der Waals surface area contributed by atoms with Gasteiger partial charge in [0.15, 0.2) is 0 Å². The van der Waals surface area contributed by atoms with Gasteiger partial charge in [0.25, 0.3) is 0 Å². The van der Waals surface area contributed by atoms with E-state index in [0.29, 0.717) is 5.71 Å². The molecule has 0 spiro atoms. The Morgan fingerprint density at radius 3 is 2.24 bits per heavy atom. The van der Waals surface area contributed by atoms with Crippen LogP contribution >= 0.6 is 0 Å². The van der Waals surface area contributed by atoms with Crippen molar-refractivity contribution in [2.24, 2.45) is 0 Å². The lowest BCUT2D eigenvalue weighted by molar-refractivity contribution is 1.01. The molecule has 21 heavy (non-hydrogen) atoms. The fraction of sp³-hybridized carbons (Fsp3) is 0.250. The lowest BCUT2D eigenvalue weighted by Gasteiger charge is -2.10. The summed E-state index contributed by atoms with van der Waals surface area (Å²) in [4.78, 5) is 0. The molecule has 0 saturated carbocycles. The zero-order chi connectivity index (χ0) is 15.4. The minimum absolute atomic E-state index is 0.691. The Morgan fingerprint density at radius 2 is 1.67 bits per heavy atom. The van der Waals surface area contributed by atoms with Crippen molar-refractivity contribution in [1.82, 2.24) is 0 Å². The second-order valence-electron chi connectivity index (χ2n) is 5.83. The van der Waals surface area contributed by atoms with Crippen molar-refractivity contribution in [2.45, 2.75) is 33.6 Å². The van der Waals surface area contributed by atoms with E-state index < -0.39 is 0 Å². The second kappa shape index (κ2) is 6.53. The van der Waals surface area contributed by atoms with E-state index in [1.54, 1.807) is 0 Å². The predicted octanol–water partition coefficient (Wildman–Crippen LogP) is 5.69. The topological polar surface area (TPSA) is 23.9 Å². The molecule has 1 N–H and O–H groups in total. The molecule has 0 fully saturated rings. The van der Waals surface area contributed by atoms with E-state index in [1.165, 1.54) is 22.3 Å². The van der Waals surface area contributed by atoms with Gasteiger partial charge in [-0.15, -0.1) is 6.58 Å². The van der Waals surface area contributed by atoms with Crippen LogP contribution < -0.4 is 0 Å². The average Bonchev–Trinajstić information content (AvgIpc) is 2.45. The fourth-order valence-electron chi connectivity index (χ4n) is 2.39. The van der Waals surface area contributed by atoms with E-state index in [0.717, 1.165) is 24.0 Å². The summed E-state index contributed by atoms with van der Waals surface area (Å²) >= 11 is 0. The molecule has 108 valence electrons. The summed E-state index contributed by atoms with van der Waals surface area (Å²) in [5, 5.41) is 8.18. The molecule has 1 heteroatoms. The molecule has 0 unspecified atom stereocenters. The first kappa shape index (κ1) is 15.2. The van der Waals surface area contributed by atoms with Crippen LogP contribution in [0, 0.1) is 19.3 Å². The molecule has 0 atom stereocenters. The lowest BCUT2D eigenvalue weighted by Crippen LogP contribution is -2.00. The van der Waals surface area contributed by atoms with Gasteiger partial charge in [0.1, 0.15) is 0 Å². The molecule has 0 saturated heterocycles. The van der Waals surface area contributed by atoms with Gasteiger partial charge < -0.3 is 5.41 Å². The monoisotopic (exact) mass is 277 g/mol. The number of hydrogen-bond donors (Lipinski definition) is 1. The van der Waals surface area contributed by atoms with Gasteiger partial charge in [-0.05, 0) is 61.9 Å². The van der Waals surface area contributed by atoms with Crippen molar-refractivity contribution < 1.29 is 0 Å². The highest BCUT2D eigenvalue weighted by Crippen LogP contribution is 2.25. The quantitative estimate of drug-likeness (QED) is 0.536. The van der Waals surface area contributed by atoms with Crippen molar-refractivity contribution in [1.29, 1.82) is 5.41 Å². The fourth-order valence-corrected chi connectivity index (χ4v) is 2.39. The van der Waals surface area contributed by atoms with Crippen LogP contribution in [-0.2, 0) is 0 Å². The highest BCUT2D eigenvalue weighted by atomic mass is 14.4. The maximum atomic E-state index is 8.18. The van der Waals surface area contributed by atoms with Gasteiger partial charge in [-0.25, -0.2) is 0 Å². The number of rotatable bonds is 5. The smallest absolute Gasteiger partial charge is 0.0389 e. The largest absolute Gasteiger partial charge is 0.305 e. The third kappa shape index (κ3) is 3.91. The molecular weight excluding hydrogens is 254 g/mol. The number of aryl methyl sites for hydroxylation is 2. The summed E-state index contributed by atoms with van der Waals surface area (Å²) in [6.07, 6.45) is 1.65. The van der Waals surface area contributed by atoms with Crippen molar-refractivity contribution in [3.8, 4) is 11.1 Å². The molecule has 0 amide bonds. The van der Waals surface area contributed by atoms with E-state index in [9.17, 15) is 0 Å². The molecule has 0 aliphatic heterocycles. The first-order valence-electron chi connectivity index (χ1n) is 7.37. The van der Waals surface area contributed by atoms with Gasteiger partial charge in [0, 0.05) is 5.71 Å². The van der Waals surface area contributed by atoms with Crippen LogP contribution in [0.5, 0.6) is 0 Å². The van der Waals surface area contributed by atoms with Crippen LogP contribution in [0.25, 0.3) is 11.1 Å². The third-order valence-electron chi connectivity index (χ3n) is 3.74. The minimum Gasteiger partial charge on any atom is -0.305 e. The molecule has 0 aromatic heterocycles. The highest BCUT2D eigenvalue weighted by Gasteiger charge is 2.06. The summed E-state index contributed by atoms with van der Waals surface area (Å²) in [6, 6.07) is 14.9. The van der Waals surface area contributed by atoms with Gasteiger partial charge in [-0.2, -0.15) is 0 Å². The van der Waals surface area contributed by atoms with Crippen LogP contribution in [0.1, 0.15) is 36.5 Å². The number of nitrogens with one attached hydrogen (secondary N) is 1. The Bertz CT molecular complexity index is 663. The van der Waals surface area contributed by atoms with Crippen molar-refractivity contribution in [3.63, 3.8) is 0 Å². The van der Waals surface area contributed by atoms with Gasteiger partial charge in [-0.1, -0.05) is 47.5 Å². The molecule has 0 heterocycles. The zero-order valence-electron chi connectivity index (χ0n) is 13.2. The first-order chi connectivity index (χ1) is 9.97. The molecule has 1 nitrogen and oxygen atoms in total. The summed E-state index contributed by atoms with van der Waals surface area (Å²) in [7, 11) is 0. The Labute approximate surface area is 127 Å². The molecule has 0 aliphatic carbocycles. The van der Waals surface area contributed by atoms with E-state index >= 15 is 0 Å². The Morgan fingerprint density at radius 1 is 1.00 bits per heavy atom. The van der Waals surface area contributed by atoms with Crippen LogP contribution in [0.4, 0.5) is 0 Å². The lowest BCUT2D eigenvalue weighted by atomic mass is 9.95. The summed E-state index contributed by atoms with van der Waals surface area (Å²) in [5.74, 6) is 0. The van der Waals surface area contributed by atoms with Gasteiger partial charge in [0.05, 0.1) is 0 Å². The number of allylic oxidation sites excluding steroid dienone is 1. The highest BCUT2D eigenvalue weighted by molar-refractivity contribution is 5.99. The molecule has 2 aromatic carbocycles. The van der Waals surface area contributed by atoms with Crippen LogP contribution in [0.3, 0.4) is 0 Å². The SMILES string of the molecule is C=C(C)CCC(=N)c1ccc(-c2ccc(C)cc2)c(C)c1. The standard InChI is InChI=1S/C20H23N/c1-14(2)5-12-20(21)18-10-11-19(16(4)13-18)17-8-6-15(3)7-9-17/h6-11,13,21H,1,5,12H2,2-4H3. The van der Waals surface area contributed by atoms with Crippen LogP contribution in [-0.4, -0.2) is 5.71 Å². The second-order valence-corrected chi connectivity index (χ2v) is 5.83. The Hall–Kier alpha value is -2.15. The summed E-state index contributed by atoms with van der Waals surface area (Å²) < 4.78 is 0. The zero-order valence-corrected chi connectivity index (χ0v) is 13.2. The molecule has 0 bridgehead atoms. The first-order valence-corrected chi connectivity index (χ1v) is 7.37. The Kier molecular flexibility index (Phi) is 4.74. The third-order valence-corrected chi connectivity index (χ3v) is 3.74. The van der Waals surface area contributed by atoms with E-state index in [2.05, 4.69) is 62.9 Å². The predicted molar refractivity (Wildman–Crippen MR) is 92.2 cm³/mol. The van der Waals surface area contributed by atoms with Gasteiger partial charge >= 0.3 is 0 Å². The maximum absolute atomic E-state index is 8.18. The van der Waals surface area contributed by atoms with Gasteiger partial charge in [-0.3, -0.25) is 0 Å². The van der Waals surface area contributed by atoms with Crippen molar-refractivity contribution in [3.05, 3.63) is 71.3 Å². The van der Waals surface area contributed by atoms with Crippen molar-refractivity contribution in [2.75, 3.05) is 0 Å². The Balaban J connectivity index is 2.23. The molecule has 0 radical (unpaired) electrons. The molecular formula is C20H23N. The maximum Gasteiger partial charge on any atom is 0.0389 e. The van der Waals surface area contributed by atoms with E-state index in [-0.39, 0.29) is 0 Å². The number of benzene rings is 2. The summed E-state index contributed by atoms with van der Waals surface area (Å²) in [6.45, 7) is 10.1. The van der Waals surface area contributed by atoms with E-state index in [4.69, 9.17) is 5.41 Å². The van der Waals surface area contributed by atoms with Crippen molar-refractivity contribution >= 4 is 5.71 Å². The average molecular weight is 277 g/mol. The number of hydrogen-bond acceptors (Lipinski definition) is 1. The minimum atomic E-state index is 0.691. The normalized spacial score (nSPS) is 10.4. The van der Waals surface area contributed by atoms with Crippen LogP contribution in [0.15, 0.2) is 54.6 Å².